The number of nitrogens with zero attached hydrogens (tertiary/aromatic N) is 3. The zero-order valence-electron chi connectivity index (χ0n) is 21.7. The second-order valence-corrected chi connectivity index (χ2v) is 9.70. The van der Waals surface area contributed by atoms with E-state index in [0.29, 0.717) is 28.2 Å². The molecular formula is C30H22F7N3O. The molecule has 0 bridgehead atoms. The maximum absolute atomic E-state index is 15.2. The Bertz CT molecular complexity index is 1690. The van der Waals surface area contributed by atoms with Crippen molar-refractivity contribution >= 4 is 34.3 Å². The van der Waals surface area contributed by atoms with Crippen molar-refractivity contribution in [2.24, 2.45) is 5.10 Å². The predicted octanol–water partition coefficient (Wildman–Crippen LogP) is 7.93. The van der Waals surface area contributed by atoms with Crippen LogP contribution in [0.3, 0.4) is 0 Å². The number of rotatable bonds is 6. The lowest BCUT2D eigenvalue weighted by atomic mass is 9.96. The Morgan fingerprint density at radius 2 is 1.44 bits per heavy atom. The number of alkyl halides is 7. The molecule has 2 heterocycles. The molecule has 0 saturated carbocycles. The number of carbonyl (C=O) groups is 1. The van der Waals surface area contributed by atoms with Crippen LogP contribution < -0.4 is 5.01 Å². The van der Waals surface area contributed by atoms with E-state index in [1.54, 1.807) is 32.0 Å². The zero-order valence-corrected chi connectivity index (χ0v) is 21.7. The van der Waals surface area contributed by atoms with Crippen molar-refractivity contribution in [2.75, 3.05) is 5.01 Å². The summed E-state index contributed by atoms with van der Waals surface area (Å²) in [6.07, 6.45) is -5.67. The maximum atomic E-state index is 15.2. The molecule has 0 spiro atoms. The molecule has 3 aromatic carbocycles. The van der Waals surface area contributed by atoms with Crippen LogP contribution in [-0.2, 0) is 11.3 Å². The summed E-state index contributed by atoms with van der Waals surface area (Å²) in [7, 11) is 0. The van der Waals surface area contributed by atoms with Crippen molar-refractivity contribution in [2.45, 2.75) is 38.4 Å². The van der Waals surface area contributed by atoms with Gasteiger partial charge in [0.1, 0.15) is 0 Å². The molecule has 0 radical (unpaired) electrons. The molecule has 0 saturated heterocycles. The Morgan fingerprint density at radius 1 is 0.829 bits per heavy atom. The number of anilines is 1. The topological polar surface area (TPSA) is 37.6 Å². The van der Waals surface area contributed by atoms with Gasteiger partial charge in [0.15, 0.2) is 5.71 Å². The normalized spacial score (nSPS) is 15.7. The van der Waals surface area contributed by atoms with Crippen LogP contribution in [0, 0.1) is 13.8 Å². The van der Waals surface area contributed by atoms with Crippen molar-refractivity contribution in [1.82, 2.24) is 4.57 Å². The summed E-state index contributed by atoms with van der Waals surface area (Å²) in [6.45, 7) is 3.78. The van der Waals surface area contributed by atoms with Gasteiger partial charge in [-0.05, 0) is 49.8 Å². The first-order chi connectivity index (χ1) is 19.2. The fraction of sp³-hybridized carbons (Fsp3) is 0.200. The SMILES string of the molecule is Cc1ccc2c(c1)c(/C=C1/C(=O)N(c3ccccc3)N=C1C(F)(F)C(F)(F)C(F)(F)F)c(C)n2Cc1ccccc1. The third-order valence-corrected chi connectivity index (χ3v) is 6.93. The average Bonchev–Trinajstić information content (AvgIpc) is 3.39. The van der Waals surface area contributed by atoms with Gasteiger partial charge in [0.05, 0.1) is 11.3 Å². The number of carbonyl (C=O) groups excluding carboxylic acids is 1. The van der Waals surface area contributed by atoms with Gasteiger partial charge in [-0.1, -0.05) is 60.2 Å². The van der Waals surface area contributed by atoms with E-state index in [1.165, 1.54) is 24.3 Å². The Morgan fingerprint density at radius 3 is 2.05 bits per heavy atom. The summed E-state index contributed by atoms with van der Waals surface area (Å²) in [5, 5.41) is 4.28. The lowest BCUT2D eigenvalue weighted by Crippen LogP contribution is -2.56. The summed E-state index contributed by atoms with van der Waals surface area (Å²) >= 11 is 0. The molecule has 0 unspecified atom stereocenters. The minimum absolute atomic E-state index is 0.0800. The molecule has 4 nitrogen and oxygen atoms in total. The van der Waals surface area contributed by atoms with E-state index in [0.717, 1.165) is 17.2 Å². The van der Waals surface area contributed by atoms with Gasteiger partial charge >= 0.3 is 18.0 Å². The average molecular weight is 574 g/mol. The smallest absolute Gasteiger partial charge is 0.340 e. The molecule has 1 amide bonds. The molecule has 0 fully saturated rings. The van der Waals surface area contributed by atoms with Gasteiger partial charge in [0.25, 0.3) is 5.91 Å². The second-order valence-electron chi connectivity index (χ2n) is 9.70. The molecule has 1 aromatic heterocycles. The molecule has 41 heavy (non-hydrogen) atoms. The Kier molecular flexibility index (Phi) is 6.79. The predicted molar refractivity (Wildman–Crippen MR) is 142 cm³/mol. The number of halogens is 7. The molecule has 4 aromatic rings. The van der Waals surface area contributed by atoms with Gasteiger partial charge in [-0.15, -0.1) is 0 Å². The van der Waals surface area contributed by atoms with Crippen molar-refractivity contribution in [3.05, 3.63) is 107 Å². The zero-order chi connectivity index (χ0) is 29.7. The summed E-state index contributed by atoms with van der Waals surface area (Å²) in [5.41, 5.74) is -0.0760. The fourth-order valence-electron chi connectivity index (χ4n) is 4.77. The van der Waals surface area contributed by atoms with Crippen LogP contribution in [-0.4, -0.2) is 34.2 Å². The van der Waals surface area contributed by atoms with Gasteiger partial charge in [-0.2, -0.15) is 40.8 Å². The summed E-state index contributed by atoms with van der Waals surface area (Å²) in [4.78, 5) is 13.4. The van der Waals surface area contributed by atoms with Crippen molar-refractivity contribution < 1.29 is 35.5 Å². The second kappa shape index (κ2) is 9.90. The van der Waals surface area contributed by atoms with Crippen LogP contribution in [0.4, 0.5) is 36.4 Å². The Labute approximate surface area is 230 Å². The molecule has 11 heteroatoms. The summed E-state index contributed by atoms with van der Waals surface area (Å²) in [5.74, 6) is -13.6. The third kappa shape index (κ3) is 4.68. The van der Waals surface area contributed by atoms with Crippen LogP contribution in [0.25, 0.3) is 17.0 Å². The van der Waals surface area contributed by atoms with E-state index in [2.05, 4.69) is 5.10 Å². The van der Waals surface area contributed by atoms with Crippen LogP contribution in [0.1, 0.15) is 22.4 Å². The molecule has 212 valence electrons. The van der Waals surface area contributed by atoms with E-state index in [4.69, 9.17) is 0 Å². The van der Waals surface area contributed by atoms with E-state index >= 15 is 8.78 Å². The number of hydrogen-bond acceptors (Lipinski definition) is 2. The van der Waals surface area contributed by atoms with E-state index < -0.39 is 35.2 Å². The largest absolute Gasteiger partial charge is 0.460 e. The summed E-state index contributed by atoms with van der Waals surface area (Å²) < 4.78 is 100. The Hall–Kier alpha value is -4.41. The van der Waals surface area contributed by atoms with Gasteiger partial charge in [-0.3, -0.25) is 4.79 Å². The van der Waals surface area contributed by atoms with E-state index in [-0.39, 0.29) is 11.3 Å². The number of hydrazone groups is 1. The molecule has 0 N–H and O–H groups in total. The van der Waals surface area contributed by atoms with E-state index in [9.17, 15) is 26.7 Å². The molecule has 5 rings (SSSR count). The number of fused-ring (bicyclic) bond motifs is 1. The first kappa shape index (κ1) is 28.1. The first-order valence-corrected chi connectivity index (χ1v) is 12.4. The Balaban J connectivity index is 1.74. The highest BCUT2D eigenvalue weighted by Gasteiger charge is 2.76. The highest BCUT2D eigenvalue weighted by Crippen LogP contribution is 2.49. The molecule has 0 aliphatic carbocycles. The van der Waals surface area contributed by atoms with Crippen LogP contribution >= 0.6 is 0 Å². The lowest BCUT2D eigenvalue weighted by molar-refractivity contribution is -0.336. The van der Waals surface area contributed by atoms with Gasteiger partial charge in [-0.25, -0.2) is 0 Å². The number of hydrogen-bond donors (Lipinski definition) is 0. The first-order valence-electron chi connectivity index (χ1n) is 12.4. The number of para-hydroxylation sites is 1. The standard InChI is InChI=1S/C30H22F7N3O/c1-18-13-14-25-23(15-18)22(19(2)39(25)17-20-9-5-3-6-10-20)16-24-26(28(31,32)29(33,34)30(35,36)37)38-40(27(24)41)21-11-7-4-8-12-21/h3-16H,17H2,1-2H3/b24-16+. The highest BCUT2D eigenvalue weighted by atomic mass is 19.4. The van der Waals surface area contributed by atoms with Gasteiger partial charge in [0, 0.05) is 28.7 Å². The van der Waals surface area contributed by atoms with Gasteiger partial charge < -0.3 is 4.57 Å². The number of amides is 1. The van der Waals surface area contributed by atoms with Gasteiger partial charge in [0.2, 0.25) is 0 Å². The number of aromatic nitrogens is 1. The maximum Gasteiger partial charge on any atom is 0.460 e. The molecule has 0 atom stereocenters. The lowest BCUT2D eigenvalue weighted by Gasteiger charge is -2.27. The molecule has 1 aliphatic rings. The quantitative estimate of drug-likeness (QED) is 0.171. The number of benzene rings is 3. The highest BCUT2D eigenvalue weighted by molar-refractivity contribution is 6.35. The summed E-state index contributed by atoms with van der Waals surface area (Å²) in [6, 6.07) is 21.6. The van der Waals surface area contributed by atoms with Crippen molar-refractivity contribution in [3.8, 4) is 0 Å². The molecular weight excluding hydrogens is 551 g/mol. The van der Waals surface area contributed by atoms with Crippen LogP contribution in [0.15, 0.2) is 89.5 Å². The monoisotopic (exact) mass is 573 g/mol. The number of aryl methyl sites for hydroxylation is 1. The van der Waals surface area contributed by atoms with Crippen molar-refractivity contribution in [3.63, 3.8) is 0 Å². The van der Waals surface area contributed by atoms with Crippen molar-refractivity contribution in [1.29, 1.82) is 0 Å². The third-order valence-electron chi connectivity index (χ3n) is 6.93. The van der Waals surface area contributed by atoms with Crippen LogP contribution in [0.5, 0.6) is 0 Å². The van der Waals surface area contributed by atoms with E-state index in [1.807, 2.05) is 41.0 Å². The minimum atomic E-state index is -6.61. The fourth-order valence-corrected chi connectivity index (χ4v) is 4.77. The minimum Gasteiger partial charge on any atom is -0.340 e. The molecule has 1 aliphatic heterocycles. The van der Waals surface area contributed by atoms with Crippen LogP contribution in [0.2, 0.25) is 0 Å².